The number of amides is 1. The van der Waals surface area contributed by atoms with Crippen LogP contribution in [0.25, 0.3) is 11.4 Å². The summed E-state index contributed by atoms with van der Waals surface area (Å²) in [4.78, 5) is 32.8. The molecule has 0 radical (unpaired) electrons. The van der Waals surface area contributed by atoms with E-state index in [0.29, 0.717) is 35.6 Å². The van der Waals surface area contributed by atoms with Gasteiger partial charge >= 0.3 is 0 Å². The van der Waals surface area contributed by atoms with Gasteiger partial charge in [0.2, 0.25) is 11.7 Å². The molecule has 1 atom stereocenters. The van der Waals surface area contributed by atoms with E-state index >= 15 is 0 Å². The summed E-state index contributed by atoms with van der Waals surface area (Å²) in [6.45, 7) is 1.09. The fourth-order valence-corrected chi connectivity index (χ4v) is 3.59. The second kappa shape index (κ2) is 8.07. The van der Waals surface area contributed by atoms with Crippen LogP contribution in [0, 0.1) is 10.1 Å². The van der Waals surface area contributed by atoms with E-state index in [1.54, 1.807) is 12.1 Å². The average molecular weight is 429 g/mol. The van der Waals surface area contributed by atoms with Gasteiger partial charge in [0.05, 0.1) is 16.4 Å². The molecule has 11 heteroatoms. The number of piperidine rings is 1. The molecule has 3 aromatic rings. The highest BCUT2D eigenvalue weighted by Gasteiger charge is 2.29. The first-order valence-corrected chi connectivity index (χ1v) is 9.59. The van der Waals surface area contributed by atoms with Crippen molar-refractivity contribution in [3.8, 4) is 11.4 Å². The van der Waals surface area contributed by atoms with E-state index in [1.807, 2.05) is 17.0 Å². The highest BCUT2D eigenvalue weighted by molar-refractivity contribution is 6.30. The van der Waals surface area contributed by atoms with Gasteiger partial charge in [-0.25, -0.2) is 4.98 Å². The zero-order valence-electron chi connectivity index (χ0n) is 15.7. The minimum Gasteiger partial charge on any atom is -0.365 e. The lowest BCUT2D eigenvalue weighted by atomic mass is 9.97. The van der Waals surface area contributed by atoms with Crippen LogP contribution in [0.5, 0.6) is 0 Å². The van der Waals surface area contributed by atoms with Gasteiger partial charge in [-0.05, 0) is 37.1 Å². The van der Waals surface area contributed by atoms with Crippen LogP contribution in [0.2, 0.25) is 5.02 Å². The molecule has 0 aliphatic carbocycles. The maximum atomic E-state index is 11.9. The van der Waals surface area contributed by atoms with Gasteiger partial charge < -0.3 is 15.2 Å². The monoisotopic (exact) mass is 428 g/mol. The number of carbonyl (C=O) groups is 1. The SMILES string of the molecule is NC(=O)c1cc([N+](=O)[O-])cnc1N1CCCC(c2nc(-c3ccc(Cl)cc3)no2)C1. The number of rotatable bonds is 5. The predicted molar refractivity (Wildman–Crippen MR) is 108 cm³/mol. The van der Waals surface area contributed by atoms with Gasteiger partial charge in [-0.2, -0.15) is 4.98 Å². The van der Waals surface area contributed by atoms with Crippen molar-refractivity contribution in [2.24, 2.45) is 5.73 Å². The van der Waals surface area contributed by atoms with Crippen LogP contribution in [-0.4, -0.2) is 39.0 Å². The Morgan fingerprint density at radius 1 is 1.33 bits per heavy atom. The third-order valence-electron chi connectivity index (χ3n) is 4.94. The molecule has 0 saturated carbocycles. The summed E-state index contributed by atoms with van der Waals surface area (Å²) >= 11 is 5.92. The Bertz CT molecular complexity index is 1100. The number of hydrogen-bond acceptors (Lipinski definition) is 8. The minimum atomic E-state index is -0.772. The van der Waals surface area contributed by atoms with E-state index in [9.17, 15) is 14.9 Å². The molecule has 0 spiro atoms. The van der Waals surface area contributed by atoms with Crippen molar-refractivity contribution < 1.29 is 14.2 Å². The van der Waals surface area contributed by atoms with E-state index in [-0.39, 0.29) is 17.2 Å². The molecular formula is C19H17ClN6O4. The Labute approximate surface area is 175 Å². The first kappa shape index (κ1) is 19.8. The van der Waals surface area contributed by atoms with Crippen LogP contribution in [-0.2, 0) is 0 Å². The summed E-state index contributed by atoms with van der Waals surface area (Å²) in [6.07, 6.45) is 2.73. The number of primary amides is 1. The molecular weight excluding hydrogens is 412 g/mol. The van der Waals surface area contributed by atoms with Crippen LogP contribution in [0.4, 0.5) is 11.5 Å². The molecule has 1 amide bonds. The maximum Gasteiger partial charge on any atom is 0.288 e. The number of nitrogens with zero attached hydrogens (tertiary/aromatic N) is 5. The highest BCUT2D eigenvalue weighted by Crippen LogP contribution is 2.32. The number of carbonyl (C=O) groups excluding carboxylic acids is 1. The summed E-state index contributed by atoms with van der Waals surface area (Å²) in [5, 5.41) is 15.7. The van der Waals surface area contributed by atoms with Crippen molar-refractivity contribution in [1.29, 1.82) is 0 Å². The molecule has 3 heterocycles. The second-order valence-electron chi connectivity index (χ2n) is 6.93. The van der Waals surface area contributed by atoms with Crippen LogP contribution in [0.1, 0.15) is 35.0 Å². The molecule has 4 rings (SSSR count). The van der Waals surface area contributed by atoms with Crippen LogP contribution in [0.3, 0.4) is 0 Å². The third-order valence-corrected chi connectivity index (χ3v) is 5.19. The minimum absolute atomic E-state index is 0.0113. The standard InChI is InChI=1S/C19H17ClN6O4/c20-13-5-3-11(4-6-13)17-23-19(30-24-17)12-2-1-7-25(10-12)18-15(16(21)27)8-14(9-22-18)26(28)29/h3-6,8-9,12H,1-2,7,10H2,(H2,21,27). The van der Waals surface area contributed by atoms with Gasteiger partial charge in [-0.3, -0.25) is 14.9 Å². The topological polar surface area (TPSA) is 141 Å². The molecule has 1 saturated heterocycles. The fourth-order valence-electron chi connectivity index (χ4n) is 3.47. The summed E-state index contributed by atoms with van der Waals surface area (Å²) in [7, 11) is 0. The van der Waals surface area contributed by atoms with E-state index in [4.69, 9.17) is 21.9 Å². The van der Waals surface area contributed by atoms with Gasteiger partial charge in [0.25, 0.3) is 11.6 Å². The lowest BCUT2D eigenvalue weighted by Crippen LogP contribution is -2.36. The Balaban J connectivity index is 1.58. The number of aromatic nitrogens is 3. The highest BCUT2D eigenvalue weighted by atomic mass is 35.5. The van der Waals surface area contributed by atoms with Crippen molar-refractivity contribution >= 4 is 29.0 Å². The van der Waals surface area contributed by atoms with Gasteiger partial charge in [0.1, 0.15) is 12.0 Å². The quantitative estimate of drug-likeness (QED) is 0.482. The summed E-state index contributed by atoms with van der Waals surface area (Å²) in [5.41, 5.74) is 5.95. The molecule has 1 aliphatic heterocycles. The van der Waals surface area contributed by atoms with Crippen molar-refractivity contribution in [3.63, 3.8) is 0 Å². The van der Waals surface area contributed by atoms with Crippen LogP contribution < -0.4 is 10.6 Å². The van der Waals surface area contributed by atoms with Gasteiger partial charge in [0.15, 0.2) is 0 Å². The van der Waals surface area contributed by atoms with Gasteiger partial charge in [-0.15, -0.1) is 0 Å². The molecule has 2 N–H and O–H groups in total. The van der Waals surface area contributed by atoms with Crippen molar-refractivity contribution in [2.75, 3.05) is 18.0 Å². The molecule has 1 aliphatic rings. The van der Waals surface area contributed by atoms with Crippen molar-refractivity contribution in [1.82, 2.24) is 15.1 Å². The molecule has 30 heavy (non-hydrogen) atoms. The largest absolute Gasteiger partial charge is 0.365 e. The smallest absolute Gasteiger partial charge is 0.288 e. The normalized spacial score (nSPS) is 16.4. The maximum absolute atomic E-state index is 11.9. The Morgan fingerprint density at radius 2 is 2.10 bits per heavy atom. The Hall–Kier alpha value is -3.53. The van der Waals surface area contributed by atoms with Gasteiger partial charge in [0, 0.05) is 29.7 Å². The molecule has 154 valence electrons. The van der Waals surface area contributed by atoms with E-state index in [1.165, 1.54) is 0 Å². The summed E-state index contributed by atoms with van der Waals surface area (Å²) < 4.78 is 5.48. The van der Waals surface area contributed by atoms with Crippen molar-refractivity contribution in [3.05, 3.63) is 63.1 Å². The zero-order chi connectivity index (χ0) is 21.3. The predicted octanol–water partition coefficient (Wildman–Crippen LogP) is 3.18. The van der Waals surface area contributed by atoms with Crippen LogP contribution >= 0.6 is 11.6 Å². The lowest BCUT2D eigenvalue weighted by molar-refractivity contribution is -0.385. The fraction of sp³-hybridized carbons (Fsp3) is 0.263. The third kappa shape index (κ3) is 3.94. The number of hydrogen-bond donors (Lipinski definition) is 1. The second-order valence-corrected chi connectivity index (χ2v) is 7.37. The molecule has 0 bridgehead atoms. The molecule has 2 aromatic heterocycles. The number of nitrogens with two attached hydrogens (primary N) is 1. The molecule has 1 unspecified atom stereocenters. The number of anilines is 1. The van der Waals surface area contributed by atoms with E-state index < -0.39 is 10.8 Å². The summed E-state index contributed by atoms with van der Waals surface area (Å²) in [6, 6.07) is 8.27. The number of nitro groups is 1. The first-order chi connectivity index (χ1) is 14.4. The Kier molecular flexibility index (Phi) is 5.32. The van der Waals surface area contributed by atoms with E-state index in [0.717, 1.165) is 30.7 Å². The van der Waals surface area contributed by atoms with Crippen LogP contribution in [0.15, 0.2) is 41.1 Å². The average Bonchev–Trinajstić information content (AvgIpc) is 3.24. The molecule has 1 fully saturated rings. The van der Waals surface area contributed by atoms with Gasteiger partial charge in [-0.1, -0.05) is 16.8 Å². The number of halogens is 1. The molecule has 10 nitrogen and oxygen atoms in total. The number of pyridine rings is 1. The Morgan fingerprint density at radius 3 is 2.80 bits per heavy atom. The summed E-state index contributed by atoms with van der Waals surface area (Å²) in [5.74, 6) is 0.406. The first-order valence-electron chi connectivity index (χ1n) is 9.21. The number of benzene rings is 1. The molecule has 1 aromatic carbocycles. The zero-order valence-corrected chi connectivity index (χ0v) is 16.5. The van der Waals surface area contributed by atoms with E-state index in [2.05, 4.69) is 15.1 Å². The van der Waals surface area contributed by atoms with Crippen molar-refractivity contribution in [2.45, 2.75) is 18.8 Å². The lowest BCUT2D eigenvalue weighted by Gasteiger charge is -2.32.